The Labute approximate surface area is 148 Å². The first-order chi connectivity index (χ1) is 12.1. The molecule has 3 rings (SSSR count). The second kappa shape index (κ2) is 7.78. The van der Waals surface area contributed by atoms with Gasteiger partial charge in [0, 0.05) is 5.56 Å². The van der Waals surface area contributed by atoms with Gasteiger partial charge in [0.1, 0.15) is 6.07 Å². The SMILES string of the molecule is CCCC1CCC(c2ccc(-c3ccc(C#N)c(F)c3F)cc2)CC1. The van der Waals surface area contributed by atoms with Crippen molar-refractivity contribution in [1.29, 1.82) is 5.26 Å². The fourth-order valence-corrected chi connectivity index (χ4v) is 3.99. The van der Waals surface area contributed by atoms with Crippen molar-refractivity contribution in [3.05, 3.63) is 59.2 Å². The zero-order valence-corrected chi connectivity index (χ0v) is 14.6. The quantitative estimate of drug-likeness (QED) is 0.617. The van der Waals surface area contributed by atoms with Crippen LogP contribution in [-0.2, 0) is 0 Å². The predicted molar refractivity (Wildman–Crippen MR) is 96.1 cm³/mol. The van der Waals surface area contributed by atoms with E-state index in [1.54, 1.807) is 6.07 Å². The Morgan fingerprint density at radius 2 is 1.64 bits per heavy atom. The second-order valence-corrected chi connectivity index (χ2v) is 7.03. The topological polar surface area (TPSA) is 23.8 Å². The van der Waals surface area contributed by atoms with Crippen molar-refractivity contribution < 1.29 is 8.78 Å². The van der Waals surface area contributed by atoms with Crippen LogP contribution in [0.3, 0.4) is 0 Å². The molecule has 0 heterocycles. The minimum atomic E-state index is -1.07. The Hall–Kier alpha value is -2.21. The summed E-state index contributed by atoms with van der Waals surface area (Å²) in [6.07, 6.45) is 7.59. The van der Waals surface area contributed by atoms with Crippen LogP contribution in [0, 0.1) is 28.9 Å². The van der Waals surface area contributed by atoms with Crippen molar-refractivity contribution in [2.45, 2.75) is 51.4 Å². The molecule has 2 aromatic rings. The van der Waals surface area contributed by atoms with Crippen LogP contribution in [0.25, 0.3) is 11.1 Å². The minimum Gasteiger partial charge on any atom is -0.203 e. The summed E-state index contributed by atoms with van der Waals surface area (Å²) in [5.41, 5.74) is 1.87. The molecule has 0 amide bonds. The summed E-state index contributed by atoms with van der Waals surface area (Å²) in [6, 6.07) is 12.3. The number of nitrogens with zero attached hydrogens (tertiary/aromatic N) is 1. The average Bonchev–Trinajstić information content (AvgIpc) is 2.65. The van der Waals surface area contributed by atoms with Gasteiger partial charge in [0.05, 0.1) is 5.56 Å². The van der Waals surface area contributed by atoms with Gasteiger partial charge in [0.2, 0.25) is 0 Å². The first-order valence-corrected chi connectivity index (χ1v) is 9.12. The van der Waals surface area contributed by atoms with Gasteiger partial charge in [-0.25, -0.2) is 8.78 Å². The lowest BCUT2D eigenvalue weighted by atomic mass is 9.77. The summed E-state index contributed by atoms with van der Waals surface area (Å²) in [4.78, 5) is 0. The van der Waals surface area contributed by atoms with Gasteiger partial charge < -0.3 is 0 Å². The zero-order valence-electron chi connectivity index (χ0n) is 14.6. The van der Waals surface area contributed by atoms with Gasteiger partial charge in [-0.05, 0) is 60.8 Å². The van der Waals surface area contributed by atoms with E-state index >= 15 is 0 Å². The average molecular weight is 339 g/mol. The fraction of sp³-hybridized carbons (Fsp3) is 0.409. The standard InChI is InChI=1S/C22H23F2N/c1-2-3-15-4-6-16(7-5-15)17-8-10-18(11-9-17)20-13-12-19(14-25)21(23)22(20)24/h8-13,15-16H,2-7H2,1H3. The first kappa shape index (κ1) is 17.6. The highest BCUT2D eigenvalue weighted by atomic mass is 19.2. The van der Waals surface area contributed by atoms with Crippen LogP contribution in [0.1, 0.15) is 62.5 Å². The molecule has 0 N–H and O–H groups in total. The van der Waals surface area contributed by atoms with Gasteiger partial charge >= 0.3 is 0 Å². The summed E-state index contributed by atoms with van der Waals surface area (Å²) >= 11 is 0. The van der Waals surface area contributed by atoms with Crippen LogP contribution >= 0.6 is 0 Å². The van der Waals surface area contributed by atoms with Crippen molar-refractivity contribution in [3.8, 4) is 17.2 Å². The maximum atomic E-state index is 14.2. The highest BCUT2D eigenvalue weighted by molar-refractivity contribution is 5.65. The molecule has 1 fully saturated rings. The molecule has 0 bridgehead atoms. The number of hydrogen-bond acceptors (Lipinski definition) is 1. The van der Waals surface area contributed by atoms with E-state index in [1.165, 1.54) is 56.2 Å². The molecule has 1 aliphatic carbocycles. The van der Waals surface area contributed by atoms with E-state index in [0.29, 0.717) is 11.5 Å². The van der Waals surface area contributed by atoms with Crippen molar-refractivity contribution in [2.75, 3.05) is 0 Å². The van der Waals surface area contributed by atoms with Crippen LogP contribution in [0.2, 0.25) is 0 Å². The normalized spacial score (nSPS) is 20.2. The Kier molecular flexibility index (Phi) is 5.48. The Morgan fingerprint density at radius 1 is 0.960 bits per heavy atom. The second-order valence-electron chi connectivity index (χ2n) is 7.03. The molecule has 0 aliphatic heterocycles. The molecule has 25 heavy (non-hydrogen) atoms. The van der Waals surface area contributed by atoms with Gasteiger partial charge in [-0.2, -0.15) is 5.26 Å². The largest absolute Gasteiger partial charge is 0.203 e. The van der Waals surface area contributed by atoms with E-state index in [0.717, 1.165) is 5.92 Å². The Morgan fingerprint density at radius 3 is 2.24 bits per heavy atom. The number of hydrogen-bond donors (Lipinski definition) is 0. The molecule has 1 nitrogen and oxygen atoms in total. The molecule has 1 aliphatic rings. The third-order valence-electron chi connectivity index (χ3n) is 5.44. The van der Waals surface area contributed by atoms with Gasteiger partial charge in [-0.15, -0.1) is 0 Å². The van der Waals surface area contributed by atoms with Crippen LogP contribution in [-0.4, -0.2) is 0 Å². The third kappa shape index (κ3) is 3.74. The molecule has 0 radical (unpaired) electrons. The molecule has 0 atom stereocenters. The van der Waals surface area contributed by atoms with Gasteiger partial charge in [-0.1, -0.05) is 44.0 Å². The summed E-state index contributed by atoms with van der Waals surface area (Å²) in [7, 11) is 0. The number of halogens is 2. The molecular formula is C22H23F2N. The summed E-state index contributed by atoms with van der Waals surface area (Å²) in [6.45, 7) is 2.25. The van der Waals surface area contributed by atoms with Crippen LogP contribution in [0.15, 0.2) is 36.4 Å². The van der Waals surface area contributed by atoms with Crippen LogP contribution in [0.5, 0.6) is 0 Å². The smallest absolute Gasteiger partial charge is 0.177 e. The van der Waals surface area contributed by atoms with Crippen LogP contribution < -0.4 is 0 Å². The lowest BCUT2D eigenvalue weighted by molar-refractivity contribution is 0.308. The highest BCUT2D eigenvalue weighted by Crippen LogP contribution is 2.38. The maximum Gasteiger partial charge on any atom is 0.177 e. The molecule has 3 heteroatoms. The number of rotatable bonds is 4. The van der Waals surface area contributed by atoms with Gasteiger partial charge in [-0.3, -0.25) is 0 Å². The predicted octanol–water partition coefficient (Wildman–Crippen LogP) is 6.58. The summed E-state index contributed by atoms with van der Waals surface area (Å²) in [5, 5.41) is 8.78. The fourth-order valence-electron chi connectivity index (χ4n) is 3.99. The van der Waals surface area contributed by atoms with E-state index in [4.69, 9.17) is 5.26 Å². The van der Waals surface area contributed by atoms with E-state index in [1.807, 2.05) is 24.3 Å². The van der Waals surface area contributed by atoms with Gasteiger partial charge in [0.15, 0.2) is 11.6 Å². The first-order valence-electron chi connectivity index (χ1n) is 9.12. The van der Waals surface area contributed by atoms with Crippen molar-refractivity contribution in [3.63, 3.8) is 0 Å². The van der Waals surface area contributed by atoms with E-state index in [-0.39, 0.29) is 11.1 Å². The summed E-state index contributed by atoms with van der Waals surface area (Å²) < 4.78 is 28.0. The van der Waals surface area contributed by atoms with E-state index in [2.05, 4.69) is 6.92 Å². The van der Waals surface area contributed by atoms with Crippen molar-refractivity contribution in [2.24, 2.45) is 5.92 Å². The van der Waals surface area contributed by atoms with E-state index < -0.39 is 11.6 Å². The summed E-state index contributed by atoms with van der Waals surface area (Å²) in [5.74, 6) is -0.578. The van der Waals surface area contributed by atoms with Gasteiger partial charge in [0.25, 0.3) is 0 Å². The molecule has 0 spiro atoms. The Balaban J connectivity index is 1.75. The number of nitriles is 1. The number of benzene rings is 2. The molecule has 1 saturated carbocycles. The highest BCUT2D eigenvalue weighted by Gasteiger charge is 2.22. The Bertz CT molecular complexity index is 766. The third-order valence-corrected chi connectivity index (χ3v) is 5.44. The van der Waals surface area contributed by atoms with Crippen LogP contribution in [0.4, 0.5) is 8.78 Å². The molecule has 0 saturated heterocycles. The molecular weight excluding hydrogens is 316 g/mol. The molecule has 2 aromatic carbocycles. The van der Waals surface area contributed by atoms with Crippen molar-refractivity contribution >= 4 is 0 Å². The zero-order chi connectivity index (χ0) is 17.8. The lowest BCUT2D eigenvalue weighted by Gasteiger charge is -2.28. The van der Waals surface area contributed by atoms with Crippen molar-refractivity contribution in [1.82, 2.24) is 0 Å². The lowest BCUT2D eigenvalue weighted by Crippen LogP contribution is -2.13. The maximum absolute atomic E-state index is 14.2. The van der Waals surface area contributed by atoms with E-state index in [9.17, 15) is 8.78 Å². The monoisotopic (exact) mass is 339 g/mol. The molecule has 0 unspecified atom stereocenters. The molecule has 0 aromatic heterocycles. The minimum absolute atomic E-state index is 0.203. The molecule has 130 valence electrons.